The fourth-order valence-electron chi connectivity index (χ4n) is 2.32. The van der Waals surface area contributed by atoms with E-state index in [9.17, 15) is 9.59 Å². The Morgan fingerprint density at radius 2 is 1.46 bits per heavy atom. The fourth-order valence-corrected chi connectivity index (χ4v) is 2.32. The zero-order valence-electron chi connectivity index (χ0n) is 12.9. The van der Waals surface area contributed by atoms with Gasteiger partial charge in [0.15, 0.2) is 0 Å². The molecule has 0 aromatic heterocycles. The van der Waals surface area contributed by atoms with Crippen molar-refractivity contribution in [2.45, 2.75) is 6.92 Å². The molecule has 0 amide bonds. The number of carboxylic acid groups (broad SMARTS) is 1. The first-order valence-electron chi connectivity index (χ1n) is 7.25. The second-order valence-corrected chi connectivity index (χ2v) is 5.20. The van der Waals surface area contributed by atoms with Crippen molar-refractivity contribution in [2.24, 2.45) is 0 Å². The van der Waals surface area contributed by atoms with Gasteiger partial charge in [0.25, 0.3) is 0 Å². The number of hydrogen-bond acceptors (Lipinski definition) is 4. The summed E-state index contributed by atoms with van der Waals surface area (Å²) >= 11 is 0. The van der Waals surface area contributed by atoms with E-state index in [4.69, 9.17) is 14.6 Å². The first kappa shape index (κ1) is 15.6. The van der Waals surface area contributed by atoms with Crippen LogP contribution in [0, 0.1) is 0 Å². The number of esters is 1. The Kier molecular flexibility index (Phi) is 4.16. The number of benzene rings is 3. The van der Waals surface area contributed by atoms with Crippen LogP contribution in [0.3, 0.4) is 0 Å². The summed E-state index contributed by atoms with van der Waals surface area (Å²) in [4.78, 5) is 22.0. The maximum Gasteiger partial charge on any atom is 0.335 e. The number of rotatable bonds is 4. The second kappa shape index (κ2) is 6.42. The molecule has 0 aliphatic carbocycles. The van der Waals surface area contributed by atoms with Gasteiger partial charge in [0.2, 0.25) is 0 Å². The second-order valence-electron chi connectivity index (χ2n) is 5.20. The van der Waals surface area contributed by atoms with Gasteiger partial charge >= 0.3 is 11.9 Å². The molecule has 1 N–H and O–H groups in total. The van der Waals surface area contributed by atoms with Crippen LogP contribution < -0.4 is 9.47 Å². The highest BCUT2D eigenvalue weighted by atomic mass is 16.5. The van der Waals surface area contributed by atoms with E-state index in [1.807, 2.05) is 18.2 Å². The summed E-state index contributed by atoms with van der Waals surface area (Å²) < 4.78 is 10.8. The molecule has 3 aromatic rings. The molecule has 0 radical (unpaired) electrons. The lowest BCUT2D eigenvalue weighted by Gasteiger charge is -2.08. The Hall–Kier alpha value is -3.34. The van der Waals surface area contributed by atoms with Crippen molar-refractivity contribution in [3.05, 3.63) is 66.2 Å². The first-order chi connectivity index (χ1) is 11.5. The Bertz CT molecular complexity index is 930. The molecule has 0 atom stereocenters. The van der Waals surface area contributed by atoms with Gasteiger partial charge in [-0.25, -0.2) is 4.79 Å². The molecule has 0 saturated heterocycles. The van der Waals surface area contributed by atoms with Gasteiger partial charge in [-0.2, -0.15) is 0 Å². The molecule has 0 fully saturated rings. The molecule has 0 heterocycles. The van der Waals surface area contributed by atoms with E-state index in [-0.39, 0.29) is 11.5 Å². The number of fused-ring (bicyclic) bond motifs is 1. The minimum atomic E-state index is -1.00. The summed E-state index contributed by atoms with van der Waals surface area (Å²) in [5.41, 5.74) is 0.166. The molecule has 0 saturated carbocycles. The van der Waals surface area contributed by atoms with Crippen molar-refractivity contribution in [2.75, 3.05) is 0 Å². The SMILES string of the molecule is CC(=O)Oc1ccc2cc(Oc3cccc(C(=O)O)c3)ccc2c1. The Morgan fingerprint density at radius 1 is 0.833 bits per heavy atom. The number of carbonyl (C=O) groups is 2. The zero-order chi connectivity index (χ0) is 17.1. The molecule has 24 heavy (non-hydrogen) atoms. The quantitative estimate of drug-likeness (QED) is 0.574. The van der Waals surface area contributed by atoms with Gasteiger partial charge in [0.05, 0.1) is 5.56 Å². The predicted molar refractivity (Wildman–Crippen MR) is 88.7 cm³/mol. The normalized spacial score (nSPS) is 10.4. The predicted octanol–water partition coefficient (Wildman–Crippen LogP) is 4.26. The van der Waals surface area contributed by atoms with Crippen molar-refractivity contribution in [3.8, 4) is 17.2 Å². The number of hydrogen-bond donors (Lipinski definition) is 1. The molecule has 5 nitrogen and oxygen atoms in total. The highest BCUT2D eigenvalue weighted by molar-refractivity contribution is 5.88. The van der Waals surface area contributed by atoms with Crippen molar-refractivity contribution in [1.82, 2.24) is 0 Å². The Labute approximate surface area is 138 Å². The molecule has 0 spiro atoms. The molecule has 0 aliphatic heterocycles. The van der Waals surface area contributed by atoms with Gasteiger partial charge < -0.3 is 14.6 Å². The Balaban J connectivity index is 1.87. The smallest absolute Gasteiger partial charge is 0.335 e. The lowest BCUT2D eigenvalue weighted by Crippen LogP contribution is -2.00. The minimum absolute atomic E-state index is 0.166. The van der Waals surface area contributed by atoms with Crippen molar-refractivity contribution in [3.63, 3.8) is 0 Å². The average molecular weight is 322 g/mol. The van der Waals surface area contributed by atoms with Crippen LogP contribution in [0.5, 0.6) is 17.2 Å². The first-order valence-corrected chi connectivity index (χ1v) is 7.25. The van der Waals surface area contributed by atoms with Crippen LogP contribution in [-0.4, -0.2) is 17.0 Å². The third-order valence-electron chi connectivity index (χ3n) is 3.36. The minimum Gasteiger partial charge on any atom is -0.478 e. The molecule has 0 bridgehead atoms. The third-order valence-corrected chi connectivity index (χ3v) is 3.36. The van der Waals surface area contributed by atoms with Crippen molar-refractivity contribution < 1.29 is 24.2 Å². The van der Waals surface area contributed by atoms with Crippen LogP contribution in [0.25, 0.3) is 10.8 Å². The summed E-state index contributed by atoms with van der Waals surface area (Å²) in [6, 6.07) is 17.1. The third kappa shape index (κ3) is 3.52. The average Bonchev–Trinajstić information content (AvgIpc) is 2.54. The van der Waals surface area contributed by atoms with Crippen LogP contribution in [0.1, 0.15) is 17.3 Å². The zero-order valence-corrected chi connectivity index (χ0v) is 12.9. The summed E-state index contributed by atoms with van der Waals surface area (Å²) in [6.45, 7) is 1.35. The summed E-state index contributed by atoms with van der Waals surface area (Å²) in [7, 11) is 0. The standard InChI is InChI=1S/C19H14O5/c1-12(20)23-17-7-5-14-10-18(8-6-13(14)9-17)24-16-4-2-3-15(11-16)19(21)22/h2-11H,1H3,(H,21,22). The van der Waals surface area contributed by atoms with Gasteiger partial charge in [-0.1, -0.05) is 18.2 Å². The highest BCUT2D eigenvalue weighted by Crippen LogP contribution is 2.28. The van der Waals surface area contributed by atoms with E-state index >= 15 is 0 Å². The maximum atomic E-state index is 11.0. The Morgan fingerprint density at radius 3 is 2.12 bits per heavy atom. The summed E-state index contributed by atoms with van der Waals surface area (Å²) in [5, 5.41) is 10.8. The number of carbonyl (C=O) groups excluding carboxylic acids is 1. The van der Waals surface area contributed by atoms with Crippen LogP contribution >= 0.6 is 0 Å². The van der Waals surface area contributed by atoms with Crippen molar-refractivity contribution >= 4 is 22.7 Å². The molecular formula is C19H14O5. The van der Waals surface area contributed by atoms with E-state index in [1.54, 1.807) is 30.3 Å². The molecule has 120 valence electrons. The largest absolute Gasteiger partial charge is 0.478 e. The molecule has 0 unspecified atom stereocenters. The van der Waals surface area contributed by atoms with Gasteiger partial charge in [0, 0.05) is 6.92 Å². The van der Waals surface area contributed by atoms with Crippen LogP contribution in [0.2, 0.25) is 0 Å². The fraction of sp³-hybridized carbons (Fsp3) is 0.0526. The van der Waals surface area contributed by atoms with Gasteiger partial charge in [-0.3, -0.25) is 4.79 Å². The van der Waals surface area contributed by atoms with E-state index in [1.165, 1.54) is 19.1 Å². The van der Waals surface area contributed by atoms with E-state index in [0.29, 0.717) is 17.2 Å². The van der Waals surface area contributed by atoms with Crippen LogP contribution in [-0.2, 0) is 4.79 Å². The van der Waals surface area contributed by atoms with Gasteiger partial charge in [-0.05, 0) is 53.2 Å². The van der Waals surface area contributed by atoms with Gasteiger partial charge in [-0.15, -0.1) is 0 Å². The topological polar surface area (TPSA) is 72.8 Å². The number of aromatic carboxylic acids is 1. The van der Waals surface area contributed by atoms with Crippen LogP contribution in [0.15, 0.2) is 60.7 Å². The lowest BCUT2D eigenvalue weighted by molar-refractivity contribution is -0.131. The molecule has 3 aromatic carbocycles. The molecule has 3 rings (SSSR count). The molecule has 0 aliphatic rings. The lowest BCUT2D eigenvalue weighted by atomic mass is 10.1. The monoisotopic (exact) mass is 322 g/mol. The maximum absolute atomic E-state index is 11.0. The van der Waals surface area contributed by atoms with Crippen molar-refractivity contribution in [1.29, 1.82) is 0 Å². The van der Waals surface area contributed by atoms with E-state index in [0.717, 1.165) is 10.8 Å². The van der Waals surface area contributed by atoms with E-state index < -0.39 is 5.97 Å². The highest BCUT2D eigenvalue weighted by Gasteiger charge is 2.06. The molecule has 5 heteroatoms. The van der Waals surface area contributed by atoms with E-state index in [2.05, 4.69) is 0 Å². The molecular weight excluding hydrogens is 308 g/mol. The number of ether oxygens (including phenoxy) is 2. The van der Waals surface area contributed by atoms with Gasteiger partial charge in [0.1, 0.15) is 17.2 Å². The number of carboxylic acids is 1. The summed E-state index contributed by atoms with van der Waals surface area (Å²) in [6.07, 6.45) is 0. The van der Waals surface area contributed by atoms with Crippen LogP contribution in [0.4, 0.5) is 0 Å². The summed E-state index contributed by atoms with van der Waals surface area (Å²) in [5.74, 6) is 0.151.